The minimum absolute atomic E-state index is 0.00381. The molecule has 5 heteroatoms. The zero-order chi connectivity index (χ0) is 19.4. The monoisotopic (exact) mass is 363 g/mol. The van der Waals surface area contributed by atoms with Crippen molar-refractivity contribution < 1.29 is 9.53 Å². The summed E-state index contributed by atoms with van der Waals surface area (Å²) in [7, 11) is 1.68. The normalized spacial score (nSPS) is 13.2. The number of carbonyl (C=O) groups excluding carboxylic acids is 1. The van der Waals surface area contributed by atoms with E-state index in [1.165, 1.54) is 11.6 Å². The van der Waals surface area contributed by atoms with Crippen LogP contribution in [-0.2, 0) is 4.74 Å². The first-order valence-electron chi connectivity index (χ1n) is 9.07. The van der Waals surface area contributed by atoms with Crippen molar-refractivity contribution in [3.8, 4) is 22.4 Å². The third-order valence-corrected chi connectivity index (χ3v) is 4.73. The standard InChI is InChI=1S/C22H25N3O2/c1-15(16(2)27-4)23-22-20(18-11-7-5-8-12-18)21(24-25(22)17(3)26)19-13-9-6-10-14-19/h5-16,23H,1-4H3/t15-,16?/m0/s1. The van der Waals surface area contributed by atoms with E-state index in [0.717, 1.165) is 22.4 Å². The van der Waals surface area contributed by atoms with Crippen molar-refractivity contribution in [2.24, 2.45) is 0 Å². The van der Waals surface area contributed by atoms with Gasteiger partial charge in [-0.3, -0.25) is 4.79 Å². The molecule has 0 saturated heterocycles. The van der Waals surface area contributed by atoms with Gasteiger partial charge in [-0.25, -0.2) is 0 Å². The molecule has 0 fully saturated rings. The molecular formula is C22H25N3O2. The maximum absolute atomic E-state index is 12.3. The molecule has 5 nitrogen and oxygen atoms in total. The predicted molar refractivity (Wildman–Crippen MR) is 109 cm³/mol. The number of methoxy groups -OCH3 is 1. The highest BCUT2D eigenvalue weighted by molar-refractivity contribution is 5.94. The van der Waals surface area contributed by atoms with E-state index in [9.17, 15) is 4.79 Å². The number of nitrogens with one attached hydrogen (secondary N) is 1. The van der Waals surface area contributed by atoms with Crippen LogP contribution < -0.4 is 5.32 Å². The Labute approximate surface area is 160 Å². The summed E-state index contributed by atoms with van der Waals surface area (Å²) >= 11 is 0. The largest absolute Gasteiger partial charge is 0.380 e. The Morgan fingerprint density at radius 3 is 2.07 bits per heavy atom. The maximum Gasteiger partial charge on any atom is 0.245 e. The van der Waals surface area contributed by atoms with Gasteiger partial charge in [0.25, 0.3) is 0 Å². The van der Waals surface area contributed by atoms with E-state index in [0.29, 0.717) is 5.82 Å². The molecule has 3 aromatic rings. The summed E-state index contributed by atoms with van der Waals surface area (Å²) in [5, 5.41) is 8.11. The average Bonchev–Trinajstić information content (AvgIpc) is 3.08. The molecule has 2 atom stereocenters. The van der Waals surface area contributed by atoms with E-state index in [1.54, 1.807) is 7.11 Å². The average molecular weight is 363 g/mol. The molecule has 2 aromatic carbocycles. The lowest BCUT2D eigenvalue weighted by Gasteiger charge is -2.22. The van der Waals surface area contributed by atoms with Crippen LogP contribution in [0.3, 0.4) is 0 Å². The van der Waals surface area contributed by atoms with Crippen molar-refractivity contribution in [2.75, 3.05) is 12.4 Å². The third kappa shape index (κ3) is 3.93. The van der Waals surface area contributed by atoms with Gasteiger partial charge < -0.3 is 10.1 Å². The Morgan fingerprint density at radius 2 is 1.56 bits per heavy atom. The minimum Gasteiger partial charge on any atom is -0.380 e. The van der Waals surface area contributed by atoms with Crippen LogP contribution in [0.4, 0.5) is 5.82 Å². The van der Waals surface area contributed by atoms with Gasteiger partial charge >= 0.3 is 0 Å². The summed E-state index contributed by atoms with van der Waals surface area (Å²) in [6.07, 6.45) is -0.0240. The number of benzene rings is 2. The van der Waals surface area contributed by atoms with E-state index in [1.807, 2.05) is 74.5 Å². The van der Waals surface area contributed by atoms with Crippen LogP contribution in [0.25, 0.3) is 22.4 Å². The van der Waals surface area contributed by atoms with Crippen LogP contribution >= 0.6 is 0 Å². The van der Waals surface area contributed by atoms with Crippen molar-refractivity contribution in [3.63, 3.8) is 0 Å². The van der Waals surface area contributed by atoms with Gasteiger partial charge in [0.15, 0.2) is 0 Å². The van der Waals surface area contributed by atoms with Gasteiger partial charge in [0.05, 0.1) is 17.7 Å². The highest BCUT2D eigenvalue weighted by Crippen LogP contribution is 2.38. The lowest BCUT2D eigenvalue weighted by molar-refractivity contribution is 0.0919. The number of anilines is 1. The quantitative estimate of drug-likeness (QED) is 0.689. The fourth-order valence-electron chi connectivity index (χ4n) is 2.99. The second-order valence-corrected chi connectivity index (χ2v) is 6.61. The molecule has 1 unspecified atom stereocenters. The molecule has 1 aromatic heterocycles. The van der Waals surface area contributed by atoms with Crippen molar-refractivity contribution in [2.45, 2.75) is 32.9 Å². The van der Waals surface area contributed by atoms with Gasteiger partial charge in [-0.2, -0.15) is 9.78 Å². The number of hydrogen-bond acceptors (Lipinski definition) is 4. The number of aromatic nitrogens is 2. The molecule has 0 aliphatic carbocycles. The lowest BCUT2D eigenvalue weighted by atomic mass is 10.0. The summed E-state index contributed by atoms with van der Waals surface area (Å²) in [6.45, 7) is 5.54. The van der Waals surface area contributed by atoms with Gasteiger partial charge in [0.2, 0.25) is 5.91 Å². The number of ether oxygens (including phenoxy) is 1. The summed E-state index contributed by atoms with van der Waals surface area (Å²) in [4.78, 5) is 12.3. The molecule has 27 heavy (non-hydrogen) atoms. The van der Waals surface area contributed by atoms with Gasteiger partial charge in [0, 0.05) is 19.6 Å². The smallest absolute Gasteiger partial charge is 0.245 e. The van der Waals surface area contributed by atoms with Crippen molar-refractivity contribution in [1.82, 2.24) is 9.78 Å². The van der Waals surface area contributed by atoms with Crippen molar-refractivity contribution >= 4 is 11.7 Å². The molecule has 0 bridgehead atoms. The first-order valence-corrected chi connectivity index (χ1v) is 9.07. The topological polar surface area (TPSA) is 56.1 Å². The molecule has 1 N–H and O–H groups in total. The van der Waals surface area contributed by atoms with Gasteiger partial charge in [-0.05, 0) is 19.4 Å². The number of hydrogen-bond donors (Lipinski definition) is 1. The van der Waals surface area contributed by atoms with Crippen LogP contribution in [0.15, 0.2) is 60.7 Å². The van der Waals surface area contributed by atoms with E-state index in [-0.39, 0.29) is 18.1 Å². The van der Waals surface area contributed by atoms with E-state index >= 15 is 0 Å². The highest BCUT2D eigenvalue weighted by atomic mass is 16.5. The number of carbonyl (C=O) groups is 1. The maximum atomic E-state index is 12.3. The van der Waals surface area contributed by atoms with E-state index in [4.69, 9.17) is 4.74 Å². The Balaban J connectivity index is 2.23. The van der Waals surface area contributed by atoms with Crippen LogP contribution in [0.5, 0.6) is 0 Å². The Hall–Kier alpha value is -2.92. The lowest BCUT2D eigenvalue weighted by Crippen LogP contribution is -2.31. The summed E-state index contributed by atoms with van der Waals surface area (Å²) in [6, 6.07) is 19.9. The summed E-state index contributed by atoms with van der Waals surface area (Å²) in [5.41, 5.74) is 3.65. The zero-order valence-electron chi connectivity index (χ0n) is 16.1. The molecule has 0 saturated carbocycles. The van der Waals surface area contributed by atoms with Gasteiger partial charge in [-0.15, -0.1) is 0 Å². The first kappa shape index (κ1) is 18.9. The number of rotatable bonds is 6. The Kier molecular flexibility index (Phi) is 5.72. The molecule has 0 radical (unpaired) electrons. The first-order chi connectivity index (χ1) is 13.0. The van der Waals surface area contributed by atoms with Crippen molar-refractivity contribution in [3.05, 3.63) is 60.7 Å². The summed E-state index contributed by atoms with van der Waals surface area (Å²) < 4.78 is 6.89. The third-order valence-electron chi connectivity index (χ3n) is 4.73. The fraction of sp³-hybridized carbons (Fsp3) is 0.273. The molecule has 0 aliphatic rings. The molecule has 0 amide bonds. The predicted octanol–water partition coefficient (Wildman–Crippen LogP) is 4.71. The molecule has 3 rings (SSSR count). The van der Waals surface area contributed by atoms with Crippen LogP contribution in [-0.4, -0.2) is 34.9 Å². The van der Waals surface area contributed by atoms with Crippen molar-refractivity contribution in [1.29, 1.82) is 0 Å². The second kappa shape index (κ2) is 8.18. The van der Waals surface area contributed by atoms with Gasteiger partial charge in [0.1, 0.15) is 11.5 Å². The molecule has 0 aliphatic heterocycles. The SMILES string of the molecule is COC(C)[C@H](C)Nc1c(-c2ccccc2)c(-c2ccccc2)nn1C(C)=O. The van der Waals surface area contributed by atoms with Crippen LogP contribution in [0.2, 0.25) is 0 Å². The Morgan fingerprint density at radius 1 is 1.00 bits per heavy atom. The highest BCUT2D eigenvalue weighted by Gasteiger charge is 2.24. The summed E-state index contributed by atoms with van der Waals surface area (Å²) in [5.74, 6) is 0.540. The Bertz CT molecular complexity index is 904. The van der Waals surface area contributed by atoms with E-state index in [2.05, 4.69) is 10.4 Å². The molecule has 140 valence electrons. The van der Waals surface area contributed by atoms with Crippen LogP contribution in [0.1, 0.15) is 25.6 Å². The molecule has 0 spiro atoms. The molecule has 1 heterocycles. The number of nitrogens with zero attached hydrogens (tertiary/aromatic N) is 2. The minimum atomic E-state index is -0.144. The van der Waals surface area contributed by atoms with Crippen LogP contribution in [0, 0.1) is 0 Å². The second-order valence-electron chi connectivity index (χ2n) is 6.61. The fourth-order valence-corrected chi connectivity index (χ4v) is 2.99. The van der Waals surface area contributed by atoms with Gasteiger partial charge in [-0.1, -0.05) is 60.7 Å². The molecular weight excluding hydrogens is 338 g/mol. The van der Waals surface area contributed by atoms with E-state index < -0.39 is 0 Å². The zero-order valence-corrected chi connectivity index (χ0v) is 16.1.